The van der Waals surface area contributed by atoms with Crippen molar-refractivity contribution in [2.24, 2.45) is 0 Å². The second-order valence-electron chi connectivity index (χ2n) is 8.81. The standard InChI is InChI=1S/C25H29N5O/c1-18-8-12-22(13-9-18)30-24(19-10-11-19)23(26-27-30)25(31)29-16-14-21(15-17-29)28(2)20-6-4-3-5-7-20/h3-9,12-13,19,21H,10-11,14-17H2,1-2H3. The van der Waals surface area contributed by atoms with Crippen LogP contribution in [0.3, 0.4) is 0 Å². The molecule has 1 aromatic heterocycles. The molecule has 5 rings (SSSR count). The SMILES string of the molecule is Cc1ccc(-n2nnc(C(=O)N3CCC(N(C)c4ccccc4)CC3)c2C2CC2)cc1. The van der Waals surface area contributed by atoms with Crippen molar-refractivity contribution >= 4 is 11.6 Å². The normalized spacial score (nSPS) is 17.0. The third-order valence-electron chi connectivity index (χ3n) is 6.61. The molecular weight excluding hydrogens is 386 g/mol. The molecule has 0 spiro atoms. The molecule has 1 aliphatic carbocycles. The van der Waals surface area contributed by atoms with Crippen LogP contribution >= 0.6 is 0 Å². The maximum atomic E-state index is 13.4. The molecule has 0 atom stereocenters. The highest BCUT2D eigenvalue weighted by Gasteiger charge is 2.36. The molecule has 1 aliphatic heterocycles. The first kappa shape index (κ1) is 19.8. The fraction of sp³-hybridized carbons (Fsp3) is 0.400. The molecule has 6 heteroatoms. The average Bonchev–Trinajstić information content (AvgIpc) is 3.57. The van der Waals surface area contributed by atoms with Gasteiger partial charge in [0.1, 0.15) is 0 Å². The fourth-order valence-corrected chi connectivity index (χ4v) is 4.52. The first-order valence-electron chi connectivity index (χ1n) is 11.2. The Morgan fingerprint density at radius 3 is 2.29 bits per heavy atom. The van der Waals surface area contributed by atoms with Crippen LogP contribution in [0.4, 0.5) is 5.69 Å². The van der Waals surface area contributed by atoms with Crippen LogP contribution in [0, 0.1) is 6.92 Å². The molecule has 2 fully saturated rings. The van der Waals surface area contributed by atoms with Gasteiger partial charge in [-0.25, -0.2) is 4.68 Å². The van der Waals surface area contributed by atoms with Crippen molar-refractivity contribution < 1.29 is 4.79 Å². The summed E-state index contributed by atoms with van der Waals surface area (Å²) in [6.45, 7) is 3.57. The van der Waals surface area contributed by atoms with E-state index in [0.29, 0.717) is 17.7 Å². The van der Waals surface area contributed by atoms with Crippen molar-refractivity contribution in [2.45, 2.75) is 44.6 Å². The third-order valence-corrected chi connectivity index (χ3v) is 6.61. The lowest BCUT2D eigenvalue weighted by Crippen LogP contribution is -2.46. The number of hydrogen-bond donors (Lipinski definition) is 0. The molecule has 6 nitrogen and oxygen atoms in total. The Bertz CT molecular complexity index is 1050. The molecule has 0 bridgehead atoms. The molecule has 0 radical (unpaired) electrons. The Labute approximate surface area is 183 Å². The lowest BCUT2D eigenvalue weighted by atomic mass is 10.0. The number of nitrogens with zero attached hydrogens (tertiary/aromatic N) is 5. The van der Waals surface area contributed by atoms with Crippen LogP contribution in [-0.2, 0) is 0 Å². The Hall–Kier alpha value is -3.15. The number of hydrogen-bond acceptors (Lipinski definition) is 4. The predicted octanol–water partition coefficient (Wildman–Crippen LogP) is 4.19. The second kappa shape index (κ2) is 8.17. The smallest absolute Gasteiger partial charge is 0.276 e. The van der Waals surface area contributed by atoms with E-state index in [1.165, 1.54) is 11.3 Å². The van der Waals surface area contributed by atoms with E-state index in [1.807, 2.05) is 15.6 Å². The minimum Gasteiger partial charge on any atom is -0.371 e. The summed E-state index contributed by atoms with van der Waals surface area (Å²) in [6.07, 6.45) is 4.12. The van der Waals surface area contributed by atoms with E-state index in [2.05, 4.69) is 77.7 Å². The monoisotopic (exact) mass is 415 g/mol. The molecule has 160 valence electrons. The third kappa shape index (κ3) is 3.94. The average molecular weight is 416 g/mol. The highest BCUT2D eigenvalue weighted by Crippen LogP contribution is 2.42. The van der Waals surface area contributed by atoms with Gasteiger partial charge in [0.15, 0.2) is 5.69 Å². The van der Waals surface area contributed by atoms with Gasteiger partial charge in [0.05, 0.1) is 11.4 Å². The lowest BCUT2D eigenvalue weighted by molar-refractivity contribution is 0.0706. The van der Waals surface area contributed by atoms with Crippen molar-refractivity contribution in [2.75, 3.05) is 25.0 Å². The van der Waals surface area contributed by atoms with Crippen LogP contribution in [0.1, 0.15) is 53.3 Å². The summed E-state index contributed by atoms with van der Waals surface area (Å²) in [4.78, 5) is 17.7. The van der Waals surface area contributed by atoms with Gasteiger partial charge in [-0.05, 0) is 56.9 Å². The van der Waals surface area contributed by atoms with Crippen LogP contribution < -0.4 is 4.90 Å². The Kier molecular flexibility index (Phi) is 5.22. The van der Waals surface area contributed by atoms with E-state index in [9.17, 15) is 4.79 Å². The molecule has 2 aromatic carbocycles. The summed E-state index contributed by atoms with van der Waals surface area (Å²) >= 11 is 0. The molecule has 31 heavy (non-hydrogen) atoms. The highest BCUT2D eigenvalue weighted by atomic mass is 16.2. The first-order chi connectivity index (χ1) is 15.1. The molecule has 1 saturated heterocycles. The van der Waals surface area contributed by atoms with Gasteiger partial charge in [-0.1, -0.05) is 41.1 Å². The van der Waals surface area contributed by atoms with Gasteiger partial charge in [-0.3, -0.25) is 4.79 Å². The van der Waals surface area contributed by atoms with Crippen molar-refractivity contribution in [3.05, 3.63) is 71.5 Å². The number of likely N-dealkylation sites (tertiary alicyclic amines) is 1. The zero-order valence-electron chi connectivity index (χ0n) is 18.2. The summed E-state index contributed by atoms with van der Waals surface area (Å²) in [7, 11) is 2.15. The Balaban J connectivity index is 1.32. The van der Waals surface area contributed by atoms with Crippen molar-refractivity contribution in [1.29, 1.82) is 0 Å². The fourth-order valence-electron chi connectivity index (χ4n) is 4.52. The van der Waals surface area contributed by atoms with Crippen LogP contribution in [-0.4, -0.2) is 52.0 Å². The largest absolute Gasteiger partial charge is 0.371 e. The zero-order valence-corrected chi connectivity index (χ0v) is 18.2. The molecule has 3 aromatic rings. The van der Waals surface area contributed by atoms with E-state index >= 15 is 0 Å². The summed E-state index contributed by atoms with van der Waals surface area (Å²) in [6, 6.07) is 19.2. The number of anilines is 1. The number of carbonyl (C=O) groups is 1. The van der Waals surface area contributed by atoms with Crippen molar-refractivity contribution in [3.63, 3.8) is 0 Å². The second-order valence-corrected chi connectivity index (χ2v) is 8.81. The predicted molar refractivity (Wildman–Crippen MR) is 122 cm³/mol. The van der Waals surface area contributed by atoms with Gasteiger partial charge in [-0.15, -0.1) is 5.10 Å². The van der Waals surface area contributed by atoms with E-state index in [1.54, 1.807) is 0 Å². The Morgan fingerprint density at radius 2 is 1.65 bits per heavy atom. The minimum absolute atomic E-state index is 0.0288. The number of aryl methyl sites for hydroxylation is 1. The van der Waals surface area contributed by atoms with Crippen molar-refractivity contribution in [1.82, 2.24) is 19.9 Å². The van der Waals surface area contributed by atoms with E-state index < -0.39 is 0 Å². The number of para-hydroxylation sites is 1. The van der Waals surface area contributed by atoms with Crippen LogP contribution in [0.25, 0.3) is 5.69 Å². The van der Waals surface area contributed by atoms with Gasteiger partial charge in [0, 0.05) is 37.8 Å². The summed E-state index contributed by atoms with van der Waals surface area (Å²) < 4.78 is 1.88. The summed E-state index contributed by atoms with van der Waals surface area (Å²) in [5, 5.41) is 8.75. The number of benzene rings is 2. The zero-order chi connectivity index (χ0) is 21.4. The number of rotatable bonds is 5. The molecule has 2 aliphatic rings. The number of piperidine rings is 1. The lowest BCUT2D eigenvalue weighted by Gasteiger charge is -2.37. The molecule has 0 N–H and O–H groups in total. The maximum absolute atomic E-state index is 13.4. The molecule has 1 saturated carbocycles. The van der Waals surface area contributed by atoms with E-state index in [0.717, 1.165) is 50.2 Å². The van der Waals surface area contributed by atoms with Gasteiger partial charge >= 0.3 is 0 Å². The first-order valence-corrected chi connectivity index (χ1v) is 11.2. The summed E-state index contributed by atoms with van der Waals surface area (Å²) in [5.74, 6) is 0.415. The number of amides is 1. The molecule has 1 amide bonds. The topological polar surface area (TPSA) is 54.3 Å². The van der Waals surface area contributed by atoms with E-state index in [-0.39, 0.29) is 5.91 Å². The van der Waals surface area contributed by atoms with Crippen molar-refractivity contribution in [3.8, 4) is 5.69 Å². The van der Waals surface area contributed by atoms with Gasteiger partial charge in [0.2, 0.25) is 0 Å². The van der Waals surface area contributed by atoms with Crippen LogP contribution in [0.5, 0.6) is 0 Å². The summed E-state index contributed by atoms with van der Waals surface area (Å²) in [5.41, 5.74) is 4.93. The quantitative estimate of drug-likeness (QED) is 0.627. The Morgan fingerprint density at radius 1 is 0.968 bits per heavy atom. The van der Waals surface area contributed by atoms with Crippen LogP contribution in [0.15, 0.2) is 54.6 Å². The minimum atomic E-state index is 0.0288. The van der Waals surface area contributed by atoms with Gasteiger partial charge in [0.25, 0.3) is 5.91 Å². The molecular formula is C25H29N5O. The number of carbonyl (C=O) groups excluding carboxylic acids is 1. The molecule has 2 heterocycles. The van der Waals surface area contributed by atoms with E-state index in [4.69, 9.17) is 0 Å². The maximum Gasteiger partial charge on any atom is 0.276 e. The van der Waals surface area contributed by atoms with Crippen LogP contribution in [0.2, 0.25) is 0 Å². The molecule has 0 unspecified atom stereocenters. The number of aromatic nitrogens is 3. The highest BCUT2D eigenvalue weighted by molar-refractivity contribution is 5.93. The van der Waals surface area contributed by atoms with Gasteiger partial charge < -0.3 is 9.80 Å². The van der Waals surface area contributed by atoms with Gasteiger partial charge in [-0.2, -0.15) is 0 Å².